The summed E-state index contributed by atoms with van der Waals surface area (Å²) in [5.74, 6) is 0.894. The van der Waals surface area contributed by atoms with E-state index >= 15 is 0 Å². The first kappa shape index (κ1) is 6.62. The molecular weight excluding hydrogens is 180 g/mol. The largest absolute Gasteiger partial charge is 0.468 e. The van der Waals surface area contributed by atoms with Crippen LogP contribution in [0.4, 0.5) is 0 Å². The highest BCUT2D eigenvalue weighted by molar-refractivity contribution is 9.09. The molecule has 0 saturated carbocycles. The molecule has 1 nitrogen and oxygen atoms in total. The molecule has 0 amide bonds. The van der Waals surface area contributed by atoms with E-state index in [1.54, 1.807) is 12.3 Å². The highest BCUT2D eigenvalue weighted by Gasteiger charge is 2.02. The van der Waals surface area contributed by atoms with Gasteiger partial charge in [-0.25, -0.2) is 0 Å². The molecule has 0 spiro atoms. The minimum Gasteiger partial charge on any atom is -0.468 e. The molecule has 0 aliphatic heterocycles. The van der Waals surface area contributed by atoms with E-state index in [2.05, 4.69) is 22.5 Å². The van der Waals surface area contributed by atoms with Crippen LogP contribution in [-0.2, 0) is 0 Å². The molecule has 1 aromatic heterocycles. The monoisotopic (exact) mass is 186 g/mol. The van der Waals surface area contributed by atoms with Crippen LogP contribution in [0, 0.1) is 0 Å². The Kier molecular flexibility index (Phi) is 2.11. The maximum Gasteiger partial charge on any atom is 0.121 e. The number of hydrogen-bond donors (Lipinski definition) is 0. The molecule has 1 rings (SSSR count). The van der Waals surface area contributed by atoms with Crippen LogP contribution >= 0.6 is 15.9 Å². The van der Waals surface area contributed by atoms with Gasteiger partial charge in [-0.15, -0.1) is 6.58 Å². The fourth-order valence-corrected chi connectivity index (χ4v) is 0.825. The third-order valence-electron chi connectivity index (χ3n) is 1.02. The minimum absolute atomic E-state index is 0.146. The zero-order chi connectivity index (χ0) is 6.69. The van der Waals surface area contributed by atoms with Crippen molar-refractivity contribution in [2.24, 2.45) is 0 Å². The summed E-state index contributed by atoms with van der Waals surface area (Å²) in [6, 6.07) is 3.76. The van der Waals surface area contributed by atoms with Crippen LogP contribution in [-0.4, -0.2) is 0 Å². The Bertz CT molecular complexity index is 179. The van der Waals surface area contributed by atoms with Crippen molar-refractivity contribution in [3.8, 4) is 0 Å². The quantitative estimate of drug-likeness (QED) is 0.512. The second-order valence-electron chi connectivity index (χ2n) is 1.65. The van der Waals surface area contributed by atoms with Gasteiger partial charge in [-0.2, -0.15) is 0 Å². The summed E-state index contributed by atoms with van der Waals surface area (Å²) >= 11 is 3.35. The Labute approximate surface area is 62.5 Å². The van der Waals surface area contributed by atoms with Gasteiger partial charge in [0.1, 0.15) is 5.76 Å². The van der Waals surface area contributed by atoms with E-state index in [1.807, 2.05) is 12.1 Å². The number of alkyl halides is 1. The molecule has 0 fully saturated rings. The van der Waals surface area contributed by atoms with E-state index in [9.17, 15) is 0 Å². The van der Waals surface area contributed by atoms with Gasteiger partial charge in [0.15, 0.2) is 0 Å². The zero-order valence-corrected chi connectivity index (χ0v) is 6.47. The normalized spacial score (nSPS) is 13.0. The number of allylic oxidation sites excluding steroid dienone is 1. The first-order chi connectivity index (χ1) is 4.34. The third-order valence-corrected chi connectivity index (χ3v) is 1.85. The lowest BCUT2D eigenvalue weighted by Crippen LogP contribution is -1.77. The summed E-state index contributed by atoms with van der Waals surface area (Å²) < 4.78 is 5.07. The standard InChI is InChI=1S/C7H7BrO/c1-2-6(8)7-4-3-5-9-7/h2-6H,1H2. The van der Waals surface area contributed by atoms with Crippen molar-refractivity contribution in [3.05, 3.63) is 36.8 Å². The van der Waals surface area contributed by atoms with Crippen molar-refractivity contribution in [1.29, 1.82) is 0 Å². The van der Waals surface area contributed by atoms with E-state index < -0.39 is 0 Å². The summed E-state index contributed by atoms with van der Waals surface area (Å²) in [7, 11) is 0. The maximum atomic E-state index is 5.07. The lowest BCUT2D eigenvalue weighted by atomic mass is 10.3. The van der Waals surface area contributed by atoms with Gasteiger partial charge in [-0.3, -0.25) is 0 Å². The molecule has 1 heterocycles. The van der Waals surface area contributed by atoms with Crippen LogP contribution in [0.2, 0.25) is 0 Å². The molecule has 0 radical (unpaired) electrons. The predicted octanol–water partition coefficient (Wildman–Crippen LogP) is 2.90. The Hall–Kier alpha value is -0.500. The lowest BCUT2D eigenvalue weighted by molar-refractivity contribution is 0.522. The van der Waals surface area contributed by atoms with E-state index in [0.29, 0.717) is 0 Å². The third kappa shape index (κ3) is 1.45. The second-order valence-corrected chi connectivity index (χ2v) is 2.64. The molecule has 0 saturated heterocycles. The van der Waals surface area contributed by atoms with E-state index in [4.69, 9.17) is 4.42 Å². The molecule has 1 atom stereocenters. The van der Waals surface area contributed by atoms with Crippen molar-refractivity contribution in [2.75, 3.05) is 0 Å². The molecule has 2 heteroatoms. The highest BCUT2D eigenvalue weighted by atomic mass is 79.9. The number of hydrogen-bond acceptors (Lipinski definition) is 1. The van der Waals surface area contributed by atoms with Crippen molar-refractivity contribution >= 4 is 15.9 Å². The average molecular weight is 187 g/mol. The van der Waals surface area contributed by atoms with Gasteiger partial charge < -0.3 is 4.42 Å². The summed E-state index contributed by atoms with van der Waals surface area (Å²) in [6.07, 6.45) is 3.42. The molecule has 0 bridgehead atoms. The lowest BCUT2D eigenvalue weighted by Gasteiger charge is -1.95. The smallest absolute Gasteiger partial charge is 0.121 e. The topological polar surface area (TPSA) is 13.1 Å². The summed E-state index contributed by atoms with van der Waals surface area (Å²) in [5.41, 5.74) is 0. The SMILES string of the molecule is C=CC(Br)c1ccco1. The van der Waals surface area contributed by atoms with E-state index in [-0.39, 0.29) is 4.83 Å². The molecule has 0 aromatic carbocycles. The molecule has 9 heavy (non-hydrogen) atoms. The second kappa shape index (κ2) is 2.87. The van der Waals surface area contributed by atoms with Gasteiger partial charge in [0.25, 0.3) is 0 Å². The van der Waals surface area contributed by atoms with Crippen LogP contribution in [0.15, 0.2) is 35.5 Å². The van der Waals surface area contributed by atoms with Crippen molar-refractivity contribution < 1.29 is 4.42 Å². The van der Waals surface area contributed by atoms with Gasteiger partial charge in [0, 0.05) is 0 Å². The van der Waals surface area contributed by atoms with Crippen LogP contribution in [0.5, 0.6) is 0 Å². The summed E-state index contributed by atoms with van der Waals surface area (Å²) in [6.45, 7) is 3.61. The predicted molar refractivity (Wildman–Crippen MR) is 40.6 cm³/mol. The molecule has 0 aliphatic carbocycles. The molecule has 48 valence electrons. The molecule has 0 N–H and O–H groups in total. The van der Waals surface area contributed by atoms with Gasteiger partial charge in [-0.1, -0.05) is 22.0 Å². The molecule has 1 aromatic rings. The highest BCUT2D eigenvalue weighted by Crippen LogP contribution is 2.22. The van der Waals surface area contributed by atoms with E-state index in [0.717, 1.165) is 5.76 Å². The maximum absolute atomic E-state index is 5.07. The molecular formula is C7H7BrO. The Morgan fingerprint density at radius 2 is 2.56 bits per heavy atom. The Morgan fingerprint density at radius 1 is 1.78 bits per heavy atom. The fraction of sp³-hybridized carbons (Fsp3) is 0.143. The Morgan fingerprint density at radius 3 is 3.00 bits per heavy atom. The number of rotatable bonds is 2. The van der Waals surface area contributed by atoms with Crippen LogP contribution in [0.3, 0.4) is 0 Å². The van der Waals surface area contributed by atoms with Gasteiger partial charge in [0.2, 0.25) is 0 Å². The van der Waals surface area contributed by atoms with E-state index in [1.165, 1.54) is 0 Å². The van der Waals surface area contributed by atoms with Crippen molar-refractivity contribution in [1.82, 2.24) is 0 Å². The van der Waals surface area contributed by atoms with Crippen molar-refractivity contribution in [3.63, 3.8) is 0 Å². The summed E-state index contributed by atoms with van der Waals surface area (Å²) in [4.78, 5) is 0.146. The number of halogens is 1. The van der Waals surface area contributed by atoms with Crippen molar-refractivity contribution in [2.45, 2.75) is 4.83 Å². The molecule has 0 aliphatic rings. The average Bonchev–Trinajstić information content (AvgIpc) is 2.37. The zero-order valence-electron chi connectivity index (χ0n) is 4.88. The first-order valence-electron chi connectivity index (χ1n) is 2.64. The Balaban J connectivity index is 2.76. The number of furan rings is 1. The van der Waals surface area contributed by atoms with Gasteiger partial charge in [0.05, 0.1) is 11.1 Å². The van der Waals surface area contributed by atoms with Crippen LogP contribution < -0.4 is 0 Å². The fourth-order valence-electron chi connectivity index (χ4n) is 0.564. The van der Waals surface area contributed by atoms with Crippen LogP contribution in [0.25, 0.3) is 0 Å². The molecule has 1 unspecified atom stereocenters. The minimum atomic E-state index is 0.146. The van der Waals surface area contributed by atoms with Crippen LogP contribution in [0.1, 0.15) is 10.6 Å². The first-order valence-corrected chi connectivity index (χ1v) is 3.56. The van der Waals surface area contributed by atoms with Gasteiger partial charge >= 0.3 is 0 Å². The van der Waals surface area contributed by atoms with Gasteiger partial charge in [-0.05, 0) is 12.1 Å². The summed E-state index contributed by atoms with van der Waals surface area (Å²) in [5, 5.41) is 0.